The Morgan fingerprint density at radius 3 is 2.37 bits per heavy atom. The largest absolute Gasteiger partial charge is 0.387 e. The molecule has 0 saturated carbocycles. The van der Waals surface area contributed by atoms with Gasteiger partial charge in [-0.1, -0.05) is 54.1 Å². The van der Waals surface area contributed by atoms with Crippen molar-refractivity contribution in [2.75, 3.05) is 13.1 Å². The number of aliphatic hydroxyl groups excluding tert-OH is 1. The van der Waals surface area contributed by atoms with E-state index in [9.17, 15) is 5.11 Å². The number of halogens is 1. The van der Waals surface area contributed by atoms with E-state index in [1.807, 2.05) is 54.6 Å². The Hall–Kier alpha value is -1.35. The molecule has 0 aliphatic rings. The van der Waals surface area contributed by atoms with Crippen LogP contribution in [0.1, 0.15) is 17.2 Å². The van der Waals surface area contributed by atoms with Gasteiger partial charge in [0.2, 0.25) is 0 Å². The summed E-state index contributed by atoms with van der Waals surface area (Å²) in [6.45, 7) is 1.41. The van der Waals surface area contributed by atoms with Crippen LogP contribution >= 0.6 is 11.6 Å². The van der Waals surface area contributed by atoms with Crippen LogP contribution in [0.15, 0.2) is 54.6 Å². The number of hydrogen-bond acceptors (Lipinski definition) is 2. The number of nitrogens with one attached hydrogen (secondary N) is 1. The zero-order valence-corrected chi connectivity index (χ0v) is 11.5. The van der Waals surface area contributed by atoms with Gasteiger partial charge in [0.15, 0.2) is 0 Å². The molecule has 2 aromatic carbocycles. The van der Waals surface area contributed by atoms with Crippen molar-refractivity contribution >= 4 is 11.6 Å². The highest BCUT2D eigenvalue weighted by molar-refractivity contribution is 6.30. The van der Waals surface area contributed by atoms with Gasteiger partial charge in [0, 0.05) is 11.6 Å². The zero-order chi connectivity index (χ0) is 13.5. The van der Waals surface area contributed by atoms with Crippen molar-refractivity contribution in [3.8, 4) is 0 Å². The van der Waals surface area contributed by atoms with Crippen molar-refractivity contribution in [3.05, 3.63) is 70.7 Å². The van der Waals surface area contributed by atoms with Gasteiger partial charge >= 0.3 is 0 Å². The summed E-state index contributed by atoms with van der Waals surface area (Å²) in [5.41, 5.74) is 2.19. The first-order valence-electron chi connectivity index (χ1n) is 6.44. The Bertz CT molecular complexity index is 484. The van der Waals surface area contributed by atoms with Crippen molar-refractivity contribution in [2.45, 2.75) is 12.5 Å². The van der Waals surface area contributed by atoms with Crippen molar-refractivity contribution in [1.82, 2.24) is 5.32 Å². The van der Waals surface area contributed by atoms with Crippen LogP contribution < -0.4 is 5.32 Å². The van der Waals surface area contributed by atoms with Gasteiger partial charge < -0.3 is 10.4 Å². The Balaban J connectivity index is 1.71. The topological polar surface area (TPSA) is 32.3 Å². The van der Waals surface area contributed by atoms with Crippen LogP contribution in [0.3, 0.4) is 0 Å². The minimum absolute atomic E-state index is 0.452. The molecule has 0 amide bonds. The lowest BCUT2D eigenvalue weighted by Gasteiger charge is -2.12. The van der Waals surface area contributed by atoms with Gasteiger partial charge in [-0.2, -0.15) is 0 Å². The summed E-state index contributed by atoms with van der Waals surface area (Å²) in [4.78, 5) is 0. The zero-order valence-electron chi connectivity index (χ0n) is 10.7. The highest BCUT2D eigenvalue weighted by Crippen LogP contribution is 2.11. The molecule has 2 nitrogen and oxygen atoms in total. The number of benzene rings is 2. The molecule has 3 heteroatoms. The van der Waals surface area contributed by atoms with Crippen LogP contribution in [0.25, 0.3) is 0 Å². The molecule has 100 valence electrons. The van der Waals surface area contributed by atoms with E-state index in [0.29, 0.717) is 6.54 Å². The molecule has 0 unspecified atom stereocenters. The Kier molecular flexibility index (Phi) is 5.40. The van der Waals surface area contributed by atoms with Crippen LogP contribution in [-0.4, -0.2) is 18.2 Å². The standard InChI is InChI=1S/C16H18ClNO/c17-15-8-6-13(7-9-15)10-11-18-12-16(19)14-4-2-1-3-5-14/h1-9,16,18-19H,10-12H2/t16-/m1/s1. The van der Waals surface area contributed by atoms with Gasteiger partial charge in [-0.15, -0.1) is 0 Å². The maximum atomic E-state index is 9.97. The normalized spacial score (nSPS) is 12.3. The molecule has 2 rings (SSSR count). The number of hydrogen-bond donors (Lipinski definition) is 2. The maximum absolute atomic E-state index is 9.97. The van der Waals surface area contributed by atoms with Crippen molar-refractivity contribution < 1.29 is 5.11 Å². The van der Waals surface area contributed by atoms with Gasteiger partial charge in [-0.3, -0.25) is 0 Å². The van der Waals surface area contributed by atoms with Crippen molar-refractivity contribution in [3.63, 3.8) is 0 Å². The van der Waals surface area contributed by atoms with E-state index >= 15 is 0 Å². The molecule has 2 N–H and O–H groups in total. The molecule has 0 saturated heterocycles. The van der Waals surface area contributed by atoms with Crippen molar-refractivity contribution in [2.24, 2.45) is 0 Å². The molecule has 0 bridgehead atoms. The lowest BCUT2D eigenvalue weighted by Crippen LogP contribution is -2.23. The predicted octanol–water partition coefficient (Wildman–Crippen LogP) is 3.21. The molecule has 0 aliphatic carbocycles. The fourth-order valence-electron chi connectivity index (χ4n) is 1.92. The van der Waals surface area contributed by atoms with E-state index in [2.05, 4.69) is 5.32 Å². The van der Waals surface area contributed by atoms with Crippen LogP contribution in [0, 0.1) is 0 Å². The third-order valence-electron chi connectivity index (χ3n) is 3.03. The van der Waals surface area contributed by atoms with Crippen LogP contribution in [0.4, 0.5) is 0 Å². The highest BCUT2D eigenvalue weighted by Gasteiger charge is 2.05. The molecule has 0 aromatic heterocycles. The summed E-state index contributed by atoms with van der Waals surface area (Å²) in [5, 5.41) is 14.0. The van der Waals surface area contributed by atoms with E-state index in [1.165, 1.54) is 5.56 Å². The van der Waals surface area contributed by atoms with Gasteiger partial charge in [0.1, 0.15) is 0 Å². The predicted molar refractivity (Wildman–Crippen MR) is 79.4 cm³/mol. The molecular formula is C16H18ClNO. The average molecular weight is 276 g/mol. The second kappa shape index (κ2) is 7.29. The average Bonchev–Trinajstić information content (AvgIpc) is 2.46. The Morgan fingerprint density at radius 2 is 1.68 bits per heavy atom. The molecule has 2 aromatic rings. The maximum Gasteiger partial charge on any atom is 0.0914 e. The third-order valence-corrected chi connectivity index (χ3v) is 3.28. The van der Waals surface area contributed by atoms with Gasteiger partial charge in [-0.05, 0) is 36.2 Å². The second-order valence-corrected chi connectivity index (χ2v) is 4.94. The molecule has 1 atom stereocenters. The summed E-state index contributed by atoms with van der Waals surface area (Å²) in [6.07, 6.45) is 0.477. The fourth-order valence-corrected chi connectivity index (χ4v) is 2.04. The highest BCUT2D eigenvalue weighted by atomic mass is 35.5. The fraction of sp³-hybridized carbons (Fsp3) is 0.250. The lowest BCUT2D eigenvalue weighted by atomic mass is 10.1. The molecule has 0 heterocycles. The smallest absolute Gasteiger partial charge is 0.0914 e. The molecular weight excluding hydrogens is 258 g/mol. The molecule has 0 radical (unpaired) electrons. The Labute approximate surface area is 119 Å². The van der Waals surface area contributed by atoms with E-state index in [0.717, 1.165) is 23.6 Å². The summed E-state index contributed by atoms with van der Waals surface area (Å²) in [6, 6.07) is 17.5. The molecule has 0 fully saturated rings. The summed E-state index contributed by atoms with van der Waals surface area (Å²) in [5.74, 6) is 0. The first kappa shape index (κ1) is 14.1. The monoisotopic (exact) mass is 275 g/mol. The first-order chi connectivity index (χ1) is 9.25. The summed E-state index contributed by atoms with van der Waals surface area (Å²) in [7, 11) is 0. The SMILES string of the molecule is O[C@H](CNCCc1ccc(Cl)cc1)c1ccccc1. The quantitative estimate of drug-likeness (QED) is 0.794. The van der Waals surface area contributed by atoms with E-state index in [4.69, 9.17) is 11.6 Å². The van der Waals surface area contributed by atoms with Gasteiger partial charge in [0.05, 0.1) is 6.10 Å². The second-order valence-electron chi connectivity index (χ2n) is 4.51. The van der Waals surface area contributed by atoms with E-state index in [-0.39, 0.29) is 0 Å². The van der Waals surface area contributed by atoms with Crippen LogP contribution in [-0.2, 0) is 6.42 Å². The lowest BCUT2D eigenvalue weighted by molar-refractivity contribution is 0.175. The minimum Gasteiger partial charge on any atom is -0.387 e. The summed E-state index contributed by atoms with van der Waals surface area (Å²) >= 11 is 5.83. The molecule has 0 spiro atoms. The third kappa shape index (κ3) is 4.67. The van der Waals surface area contributed by atoms with Crippen LogP contribution in [0.5, 0.6) is 0 Å². The van der Waals surface area contributed by atoms with Crippen molar-refractivity contribution in [1.29, 1.82) is 0 Å². The van der Waals surface area contributed by atoms with Gasteiger partial charge in [0.25, 0.3) is 0 Å². The summed E-state index contributed by atoms with van der Waals surface area (Å²) < 4.78 is 0. The van der Waals surface area contributed by atoms with E-state index < -0.39 is 6.10 Å². The molecule has 19 heavy (non-hydrogen) atoms. The minimum atomic E-state index is -0.452. The first-order valence-corrected chi connectivity index (χ1v) is 6.81. The Morgan fingerprint density at radius 1 is 1.00 bits per heavy atom. The number of aliphatic hydroxyl groups is 1. The molecule has 0 aliphatic heterocycles. The van der Waals surface area contributed by atoms with Crippen LogP contribution in [0.2, 0.25) is 5.02 Å². The van der Waals surface area contributed by atoms with Gasteiger partial charge in [-0.25, -0.2) is 0 Å². The number of rotatable bonds is 6. The van der Waals surface area contributed by atoms with E-state index in [1.54, 1.807) is 0 Å².